The maximum absolute atomic E-state index is 9.30. The average Bonchev–Trinajstić information content (AvgIpc) is 2.92. The van der Waals surface area contributed by atoms with E-state index in [9.17, 15) is 5.26 Å². The average molecular weight is 302 g/mol. The highest BCUT2D eigenvalue weighted by Crippen LogP contribution is 2.24. The summed E-state index contributed by atoms with van der Waals surface area (Å²) >= 11 is 6.00. The minimum atomic E-state index is 0.365. The van der Waals surface area contributed by atoms with Crippen LogP contribution in [0.2, 0.25) is 5.02 Å². The van der Waals surface area contributed by atoms with Crippen LogP contribution in [0.5, 0.6) is 0 Å². The summed E-state index contributed by atoms with van der Waals surface area (Å²) in [6.45, 7) is 4.10. The lowest BCUT2D eigenvalue weighted by molar-refractivity contribution is 0.436. The third-order valence-electron chi connectivity index (χ3n) is 3.82. The van der Waals surface area contributed by atoms with Crippen molar-refractivity contribution in [1.29, 1.82) is 5.26 Å². The Morgan fingerprint density at radius 2 is 2.05 bits per heavy atom. The lowest BCUT2D eigenvalue weighted by Crippen LogP contribution is -2.33. The maximum atomic E-state index is 9.30. The Morgan fingerprint density at radius 1 is 1.29 bits per heavy atom. The molecular weight excluding hydrogens is 286 g/mol. The van der Waals surface area contributed by atoms with Gasteiger partial charge in [0.2, 0.25) is 5.69 Å². The van der Waals surface area contributed by atoms with Crippen LogP contribution in [0.4, 0.5) is 5.82 Å². The van der Waals surface area contributed by atoms with Crippen LogP contribution in [-0.4, -0.2) is 28.1 Å². The van der Waals surface area contributed by atoms with Gasteiger partial charge >= 0.3 is 0 Å². The summed E-state index contributed by atoms with van der Waals surface area (Å²) in [7, 11) is 0. The van der Waals surface area contributed by atoms with Crippen LogP contribution in [0.1, 0.15) is 25.5 Å². The molecule has 0 radical (unpaired) electrons. The molecule has 5 nitrogen and oxygen atoms in total. The third kappa shape index (κ3) is 2.86. The molecule has 0 spiro atoms. The molecule has 1 fully saturated rings. The van der Waals surface area contributed by atoms with E-state index in [1.54, 1.807) is 12.1 Å². The monoisotopic (exact) mass is 301 g/mol. The van der Waals surface area contributed by atoms with Gasteiger partial charge in [0.25, 0.3) is 0 Å². The zero-order valence-corrected chi connectivity index (χ0v) is 12.6. The molecule has 0 amide bonds. The fourth-order valence-corrected chi connectivity index (χ4v) is 2.71. The highest BCUT2D eigenvalue weighted by Gasteiger charge is 2.22. The molecule has 2 aromatic rings. The van der Waals surface area contributed by atoms with Crippen molar-refractivity contribution in [3.63, 3.8) is 0 Å². The van der Waals surface area contributed by atoms with Gasteiger partial charge in [-0.15, -0.1) is 15.0 Å². The Balaban J connectivity index is 1.94. The van der Waals surface area contributed by atoms with E-state index < -0.39 is 0 Å². The lowest BCUT2D eigenvalue weighted by atomic mass is 9.99. The topological polar surface area (TPSA) is 57.7 Å². The molecule has 0 aliphatic carbocycles. The van der Waals surface area contributed by atoms with Gasteiger partial charge in [-0.2, -0.15) is 5.26 Å². The summed E-state index contributed by atoms with van der Waals surface area (Å²) in [6.07, 6.45) is 2.24. The number of hydrogen-bond acceptors (Lipinski definition) is 4. The molecule has 1 aliphatic rings. The molecule has 21 heavy (non-hydrogen) atoms. The minimum Gasteiger partial charge on any atom is -0.353 e. The van der Waals surface area contributed by atoms with E-state index in [0.29, 0.717) is 16.5 Å². The molecule has 0 atom stereocenters. The Labute approximate surface area is 128 Å². The van der Waals surface area contributed by atoms with Gasteiger partial charge in [0.05, 0.1) is 5.69 Å². The SMILES string of the molecule is CC1CCN(c2nn(-c3cccc(Cl)c3)nc2C#N)CC1. The van der Waals surface area contributed by atoms with Crippen LogP contribution in [0, 0.1) is 17.2 Å². The smallest absolute Gasteiger partial charge is 0.207 e. The molecule has 1 saturated heterocycles. The number of nitriles is 1. The number of rotatable bonds is 2. The fourth-order valence-electron chi connectivity index (χ4n) is 2.52. The Morgan fingerprint density at radius 3 is 2.71 bits per heavy atom. The molecule has 6 heteroatoms. The van der Waals surface area contributed by atoms with Crippen LogP contribution in [0.3, 0.4) is 0 Å². The summed E-state index contributed by atoms with van der Waals surface area (Å²) in [5.41, 5.74) is 1.13. The van der Waals surface area contributed by atoms with Gasteiger partial charge < -0.3 is 4.90 Å². The summed E-state index contributed by atoms with van der Waals surface area (Å²) in [5, 5.41) is 18.7. The van der Waals surface area contributed by atoms with E-state index in [1.807, 2.05) is 12.1 Å². The van der Waals surface area contributed by atoms with E-state index in [0.717, 1.165) is 37.5 Å². The van der Waals surface area contributed by atoms with Crippen molar-refractivity contribution in [2.24, 2.45) is 5.92 Å². The highest BCUT2D eigenvalue weighted by molar-refractivity contribution is 6.30. The molecule has 108 valence electrons. The van der Waals surface area contributed by atoms with Crippen molar-refractivity contribution in [2.45, 2.75) is 19.8 Å². The number of aromatic nitrogens is 3. The van der Waals surface area contributed by atoms with Gasteiger partial charge in [-0.05, 0) is 37.0 Å². The first kappa shape index (κ1) is 13.9. The normalized spacial score (nSPS) is 16.0. The molecule has 3 rings (SSSR count). The minimum absolute atomic E-state index is 0.365. The standard InChI is InChI=1S/C15H16ClN5/c1-11-5-7-20(8-6-11)15-14(10-17)18-21(19-15)13-4-2-3-12(16)9-13/h2-4,9,11H,5-8H2,1H3. The van der Waals surface area contributed by atoms with Gasteiger partial charge in [-0.1, -0.05) is 24.6 Å². The second kappa shape index (κ2) is 5.74. The molecule has 0 unspecified atom stereocenters. The molecule has 1 aromatic heterocycles. The van der Waals surface area contributed by atoms with E-state index in [2.05, 4.69) is 28.1 Å². The Hall–Kier alpha value is -2.06. The fraction of sp³-hybridized carbons (Fsp3) is 0.400. The predicted molar refractivity (Wildman–Crippen MR) is 81.7 cm³/mol. The van der Waals surface area contributed by atoms with Crippen molar-refractivity contribution in [2.75, 3.05) is 18.0 Å². The van der Waals surface area contributed by atoms with Crippen molar-refractivity contribution >= 4 is 17.4 Å². The molecular formula is C15H16ClN5. The van der Waals surface area contributed by atoms with Crippen molar-refractivity contribution in [3.05, 3.63) is 35.0 Å². The Bertz CT molecular complexity index is 680. The number of hydrogen-bond donors (Lipinski definition) is 0. The van der Waals surface area contributed by atoms with Gasteiger partial charge in [-0.25, -0.2) is 0 Å². The van der Waals surface area contributed by atoms with E-state index >= 15 is 0 Å². The number of nitrogens with zero attached hydrogens (tertiary/aromatic N) is 5. The summed E-state index contributed by atoms with van der Waals surface area (Å²) in [5.74, 6) is 1.40. The summed E-state index contributed by atoms with van der Waals surface area (Å²) in [4.78, 5) is 3.63. The largest absolute Gasteiger partial charge is 0.353 e. The number of benzene rings is 1. The van der Waals surface area contributed by atoms with Crippen LogP contribution in [0.25, 0.3) is 5.69 Å². The molecule has 0 N–H and O–H groups in total. The zero-order valence-electron chi connectivity index (χ0n) is 11.8. The van der Waals surface area contributed by atoms with E-state index in [-0.39, 0.29) is 0 Å². The Kier molecular flexibility index (Phi) is 3.80. The second-order valence-corrected chi connectivity index (χ2v) is 5.86. The number of piperidine rings is 1. The van der Waals surface area contributed by atoms with E-state index in [1.165, 1.54) is 4.80 Å². The predicted octanol–water partition coefficient (Wildman–Crippen LogP) is 3.03. The first-order valence-electron chi connectivity index (χ1n) is 7.05. The van der Waals surface area contributed by atoms with Crippen molar-refractivity contribution in [1.82, 2.24) is 15.0 Å². The quantitative estimate of drug-likeness (QED) is 0.855. The van der Waals surface area contributed by atoms with Crippen LogP contribution < -0.4 is 4.90 Å². The summed E-state index contributed by atoms with van der Waals surface area (Å²) < 4.78 is 0. The molecule has 1 aromatic carbocycles. The van der Waals surface area contributed by atoms with Gasteiger partial charge in [0.1, 0.15) is 6.07 Å². The molecule has 1 aliphatic heterocycles. The third-order valence-corrected chi connectivity index (χ3v) is 4.06. The molecule has 2 heterocycles. The van der Waals surface area contributed by atoms with Gasteiger partial charge in [-0.3, -0.25) is 0 Å². The zero-order chi connectivity index (χ0) is 14.8. The van der Waals surface area contributed by atoms with Gasteiger partial charge in [0, 0.05) is 18.1 Å². The lowest BCUT2D eigenvalue weighted by Gasteiger charge is -2.30. The maximum Gasteiger partial charge on any atom is 0.207 e. The van der Waals surface area contributed by atoms with Crippen molar-refractivity contribution < 1.29 is 0 Å². The van der Waals surface area contributed by atoms with Crippen molar-refractivity contribution in [3.8, 4) is 11.8 Å². The van der Waals surface area contributed by atoms with E-state index in [4.69, 9.17) is 11.6 Å². The highest BCUT2D eigenvalue weighted by atomic mass is 35.5. The summed E-state index contributed by atoms with van der Waals surface area (Å²) in [6, 6.07) is 9.43. The van der Waals surface area contributed by atoms with Crippen LogP contribution in [0.15, 0.2) is 24.3 Å². The van der Waals surface area contributed by atoms with Gasteiger partial charge in [0.15, 0.2) is 5.82 Å². The molecule has 0 saturated carbocycles. The number of anilines is 1. The molecule has 0 bridgehead atoms. The number of halogens is 1. The first-order chi connectivity index (χ1) is 10.2. The van der Waals surface area contributed by atoms with Crippen LogP contribution in [-0.2, 0) is 0 Å². The first-order valence-corrected chi connectivity index (χ1v) is 7.43. The second-order valence-electron chi connectivity index (χ2n) is 5.42. The van der Waals surface area contributed by atoms with Crippen LogP contribution >= 0.6 is 11.6 Å².